The highest BCUT2D eigenvalue weighted by molar-refractivity contribution is 5.92. The molecule has 0 aliphatic heterocycles. The van der Waals surface area contributed by atoms with E-state index in [2.05, 4.69) is 10.0 Å². The van der Waals surface area contributed by atoms with Crippen LogP contribution < -0.4 is 4.74 Å². The van der Waals surface area contributed by atoms with E-state index in [1.165, 1.54) is 6.08 Å². The van der Waals surface area contributed by atoms with E-state index in [9.17, 15) is 4.79 Å². The quantitative estimate of drug-likeness (QED) is 0.263. The molecule has 1 aromatic heterocycles. The molecule has 0 aliphatic carbocycles. The molecule has 118 valence electrons. The highest BCUT2D eigenvalue weighted by atomic mass is 16.5. The fourth-order valence-electron chi connectivity index (χ4n) is 1.86. The van der Waals surface area contributed by atoms with Crippen LogP contribution in [0.5, 0.6) is 5.75 Å². The van der Waals surface area contributed by atoms with Gasteiger partial charge in [-0.1, -0.05) is 5.11 Å². The molecule has 7 heteroatoms. The van der Waals surface area contributed by atoms with E-state index in [4.69, 9.17) is 19.4 Å². The Morgan fingerprint density at radius 1 is 1.30 bits per heavy atom. The molecule has 0 radical (unpaired) electrons. The van der Waals surface area contributed by atoms with E-state index in [0.717, 1.165) is 11.3 Å². The van der Waals surface area contributed by atoms with Gasteiger partial charge >= 0.3 is 5.97 Å². The van der Waals surface area contributed by atoms with Gasteiger partial charge in [-0.3, -0.25) is 0 Å². The highest BCUT2D eigenvalue weighted by Gasteiger charge is 2.11. The molecular formula is C16H15N3O4. The van der Waals surface area contributed by atoms with Gasteiger partial charge in [-0.15, -0.1) is 0 Å². The fourth-order valence-corrected chi connectivity index (χ4v) is 1.86. The number of rotatable bonds is 6. The van der Waals surface area contributed by atoms with Gasteiger partial charge in [0.15, 0.2) is 0 Å². The normalized spacial score (nSPS) is 10.8. The van der Waals surface area contributed by atoms with Crippen LogP contribution in [-0.2, 0) is 9.53 Å². The van der Waals surface area contributed by atoms with Crippen molar-refractivity contribution in [2.45, 2.75) is 6.92 Å². The number of nitrogens with zero attached hydrogens (tertiary/aromatic N) is 3. The number of carbonyl (C=O) groups excluding carboxylic acids is 1. The lowest BCUT2D eigenvalue weighted by Gasteiger charge is -2.01. The summed E-state index contributed by atoms with van der Waals surface area (Å²) in [6.45, 7) is 1.85. The summed E-state index contributed by atoms with van der Waals surface area (Å²) in [5, 5.41) is 3.33. The molecular weight excluding hydrogens is 298 g/mol. The first-order valence-corrected chi connectivity index (χ1v) is 6.86. The van der Waals surface area contributed by atoms with Crippen LogP contribution in [0.3, 0.4) is 0 Å². The summed E-state index contributed by atoms with van der Waals surface area (Å²) in [4.78, 5) is 14.3. The smallest absolute Gasteiger partial charge is 0.340 e. The number of benzene rings is 1. The Morgan fingerprint density at radius 2 is 2.04 bits per heavy atom. The van der Waals surface area contributed by atoms with E-state index in [1.54, 1.807) is 26.2 Å². The average molecular weight is 313 g/mol. The van der Waals surface area contributed by atoms with Crippen molar-refractivity contribution in [3.05, 3.63) is 58.3 Å². The van der Waals surface area contributed by atoms with Gasteiger partial charge in [-0.25, -0.2) is 4.79 Å². The Labute approximate surface area is 132 Å². The van der Waals surface area contributed by atoms with Crippen molar-refractivity contribution in [3.63, 3.8) is 0 Å². The molecule has 0 fully saturated rings. The molecule has 1 aromatic carbocycles. The first-order valence-electron chi connectivity index (χ1n) is 6.86. The van der Waals surface area contributed by atoms with Crippen LogP contribution in [0.1, 0.15) is 12.7 Å². The Hall–Kier alpha value is -3.18. The highest BCUT2D eigenvalue weighted by Crippen LogP contribution is 2.25. The molecule has 7 nitrogen and oxygen atoms in total. The van der Waals surface area contributed by atoms with Crippen molar-refractivity contribution >= 4 is 12.0 Å². The molecule has 0 N–H and O–H groups in total. The van der Waals surface area contributed by atoms with E-state index in [-0.39, 0.29) is 12.3 Å². The van der Waals surface area contributed by atoms with Crippen LogP contribution in [0.4, 0.5) is 0 Å². The zero-order valence-electron chi connectivity index (χ0n) is 12.7. The summed E-state index contributed by atoms with van der Waals surface area (Å²) in [5.74, 6) is 1.04. The van der Waals surface area contributed by atoms with Gasteiger partial charge in [-0.2, -0.15) is 0 Å². The number of ether oxygens (including phenoxy) is 2. The molecule has 1 heterocycles. The predicted molar refractivity (Wildman–Crippen MR) is 84.5 cm³/mol. The summed E-state index contributed by atoms with van der Waals surface area (Å²) >= 11 is 0. The van der Waals surface area contributed by atoms with Crippen molar-refractivity contribution in [1.82, 2.24) is 0 Å². The third-order valence-electron chi connectivity index (χ3n) is 2.92. The maximum atomic E-state index is 11.7. The lowest BCUT2D eigenvalue weighted by atomic mass is 10.2. The molecule has 2 aromatic rings. The van der Waals surface area contributed by atoms with Gasteiger partial charge in [0.25, 0.3) is 0 Å². The molecule has 0 saturated heterocycles. The molecule has 0 atom stereocenters. The standard InChI is InChI=1S/C16H15N3O4/c1-3-22-16(20)14(18-19-17)10-13-8-9-15(23-13)11-4-6-12(21-2)7-5-11/h4-10H,3H2,1-2H3. The second kappa shape index (κ2) is 7.72. The first-order chi connectivity index (χ1) is 11.2. The molecule has 0 unspecified atom stereocenters. The number of esters is 1. The van der Waals surface area contributed by atoms with Gasteiger partial charge < -0.3 is 13.9 Å². The Kier molecular flexibility index (Phi) is 5.44. The SMILES string of the molecule is CCOC(=O)C(=Cc1ccc(-c2ccc(OC)cc2)o1)N=[N+]=[N-]. The summed E-state index contributed by atoms with van der Waals surface area (Å²) in [6.07, 6.45) is 1.34. The van der Waals surface area contributed by atoms with Gasteiger partial charge in [0.2, 0.25) is 0 Å². The summed E-state index contributed by atoms with van der Waals surface area (Å²) in [5.41, 5.74) is 9.22. The van der Waals surface area contributed by atoms with E-state index in [0.29, 0.717) is 11.5 Å². The van der Waals surface area contributed by atoms with Gasteiger partial charge in [0.1, 0.15) is 23.0 Å². The van der Waals surface area contributed by atoms with Gasteiger partial charge in [0, 0.05) is 10.5 Å². The monoisotopic (exact) mass is 313 g/mol. The second-order valence-electron chi connectivity index (χ2n) is 4.37. The van der Waals surface area contributed by atoms with Crippen LogP contribution in [0.25, 0.3) is 27.8 Å². The Morgan fingerprint density at radius 3 is 2.65 bits per heavy atom. The summed E-state index contributed by atoms with van der Waals surface area (Å²) < 4.78 is 15.6. The number of hydrogen-bond donors (Lipinski definition) is 0. The van der Waals surface area contributed by atoms with Crippen molar-refractivity contribution in [2.24, 2.45) is 5.11 Å². The average Bonchev–Trinajstić information content (AvgIpc) is 3.03. The fraction of sp³-hybridized carbons (Fsp3) is 0.188. The van der Waals surface area contributed by atoms with E-state index >= 15 is 0 Å². The Bertz CT molecular complexity index is 756. The lowest BCUT2D eigenvalue weighted by Crippen LogP contribution is -2.05. The van der Waals surface area contributed by atoms with Gasteiger partial charge in [0.05, 0.1) is 13.7 Å². The van der Waals surface area contributed by atoms with Crippen molar-refractivity contribution < 1.29 is 18.7 Å². The summed E-state index contributed by atoms with van der Waals surface area (Å²) in [7, 11) is 1.59. The predicted octanol–water partition coefficient (Wildman–Crippen LogP) is 4.17. The maximum Gasteiger partial charge on any atom is 0.340 e. The molecule has 0 saturated carbocycles. The third-order valence-corrected chi connectivity index (χ3v) is 2.92. The molecule has 0 amide bonds. The van der Waals surface area contributed by atoms with Crippen LogP contribution in [0, 0.1) is 0 Å². The van der Waals surface area contributed by atoms with Crippen molar-refractivity contribution in [1.29, 1.82) is 0 Å². The maximum absolute atomic E-state index is 11.7. The number of carbonyl (C=O) groups is 1. The Balaban J connectivity index is 2.27. The topological polar surface area (TPSA) is 97.4 Å². The van der Waals surface area contributed by atoms with Crippen LogP contribution in [0.2, 0.25) is 0 Å². The number of methoxy groups -OCH3 is 1. The molecule has 2 rings (SSSR count). The minimum atomic E-state index is -0.701. The van der Waals surface area contributed by atoms with Gasteiger partial charge in [-0.05, 0) is 54.9 Å². The van der Waals surface area contributed by atoms with Crippen LogP contribution in [-0.4, -0.2) is 19.7 Å². The summed E-state index contributed by atoms with van der Waals surface area (Å²) in [6, 6.07) is 10.8. The largest absolute Gasteiger partial charge is 0.497 e. The molecule has 0 bridgehead atoms. The zero-order chi connectivity index (χ0) is 16.7. The minimum absolute atomic E-state index is 0.162. The number of furan rings is 1. The zero-order valence-corrected chi connectivity index (χ0v) is 12.7. The third kappa shape index (κ3) is 4.15. The van der Waals surface area contributed by atoms with E-state index in [1.807, 2.05) is 24.3 Å². The number of hydrogen-bond acceptors (Lipinski definition) is 5. The van der Waals surface area contributed by atoms with Crippen molar-refractivity contribution in [2.75, 3.05) is 13.7 Å². The van der Waals surface area contributed by atoms with E-state index < -0.39 is 5.97 Å². The van der Waals surface area contributed by atoms with Crippen molar-refractivity contribution in [3.8, 4) is 17.1 Å². The second-order valence-corrected chi connectivity index (χ2v) is 4.37. The van der Waals surface area contributed by atoms with Crippen LogP contribution >= 0.6 is 0 Å². The van der Waals surface area contributed by atoms with Crippen LogP contribution in [0.15, 0.2) is 51.6 Å². The first kappa shape index (κ1) is 16.2. The lowest BCUT2D eigenvalue weighted by molar-refractivity contribution is -0.138. The molecule has 0 aliphatic rings. The molecule has 0 spiro atoms. The molecule has 23 heavy (non-hydrogen) atoms. The minimum Gasteiger partial charge on any atom is -0.497 e. The number of azide groups is 1.